The van der Waals surface area contributed by atoms with Gasteiger partial charge in [-0.3, -0.25) is 0 Å². The minimum atomic E-state index is -0.443. The maximum absolute atomic E-state index is 9.06. The summed E-state index contributed by atoms with van der Waals surface area (Å²) in [7, 11) is 0. The normalized spacial score (nSPS) is 18.5. The first kappa shape index (κ1) is 11.1. The second-order valence-electron chi connectivity index (χ2n) is 2.38. The quantitative estimate of drug-likeness (QED) is 0.691. The summed E-state index contributed by atoms with van der Waals surface area (Å²) in [4.78, 5) is 0. The van der Waals surface area contributed by atoms with Crippen LogP contribution in [0.25, 0.3) is 0 Å². The van der Waals surface area contributed by atoms with Gasteiger partial charge in [0.2, 0.25) is 0 Å². The van der Waals surface area contributed by atoms with Crippen LogP contribution in [-0.2, 0) is 0 Å². The van der Waals surface area contributed by atoms with E-state index in [1.807, 2.05) is 13.0 Å². The average Bonchev–Trinajstić information content (AvgIpc) is 1.99. The highest BCUT2D eigenvalue weighted by molar-refractivity contribution is 8.00. The number of hydrogen-bond acceptors (Lipinski definition) is 3. The molecule has 4 heteroatoms. The molecular weight excluding hydrogens is 182 g/mol. The lowest BCUT2D eigenvalue weighted by Gasteiger charge is -2.13. The van der Waals surface area contributed by atoms with E-state index >= 15 is 0 Å². The van der Waals surface area contributed by atoms with Crippen molar-refractivity contribution < 1.29 is 5.11 Å². The zero-order valence-electron chi connectivity index (χ0n) is 6.62. The van der Waals surface area contributed by atoms with Crippen molar-refractivity contribution >= 4 is 23.4 Å². The summed E-state index contributed by atoms with van der Waals surface area (Å²) in [5.41, 5.74) is 0. The predicted molar refractivity (Wildman–Crippen MR) is 48.9 cm³/mol. The molecule has 2 nitrogen and oxygen atoms in total. The number of alkyl halides is 1. The highest BCUT2D eigenvalue weighted by Gasteiger charge is 2.11. The van der Waals surface area contributed by atoms with Crippen molar-refractivity contribution in [2.45, 2.75) is 30.6 Å². The van der Waals surface area contributed by atoms with Gasteiger partial charge in [0.25, 0.3) is 0 Å². The molecule has 0 fully saturated rings. The Bertz CT molecular complexity index is 146. The zero-order valence-corrected chi connectivity index (χ0v) is 8.19. The number of rotatable bonds is 4. The Morgan fingerprint density at radius 2 is 2.18 bits per heavy atom. The number of aliphatic hydroxyl groups excluding tert-OH is 1. The topological polar surface area (TPSA) is 44.0 Å². The summed E-state index contributed by atoms with van der Waals surface area (Å²) < 4.78 is 0. The number of halogens is 1. The van der Waals surface area contributed by atoms with Gasteiger partial charge in [0.05, 0.1) is 12.2 Å². The molecule has 11 heavy (non-hydrogen) atoms. The molecule has 64 valence electrons. The van der Waals surface area contributed by atoms with E-state index in [0.717, 1.165) is 0 Å². The first-order valence-electron chi connectivity index (χ1n) is 3.41. The Morgan fingerprint density at radius 1 is 1.64 bits per heavy atom. The van der Waals surface area contributed by atoms with E-state index in [1.54, 1.807) is 6.92 Å². The molecule has 1 N–H and O–H groups in total. The van der Waals surface area contributed by atoms with Crippen LogP contribution in [0.4, 0.5) is 0 Å². The van der Waals surface area contributed by atoms with Gasteiger partial charge in [0, 0.05) is 11.0 Å². The highest BCUT2D eigenvalue weighted by atomic mass is 35.5. The Labute approximate surface area is 76.5 Å². The Balaban J connectivity index is 3.47. The van der Waals surface area contributed by atoms with E-state index in [-0.39, 0.29) is 11.4 Å². The zero-order chi connectivity index (χ0) is 8.85. The molecule has 3 unspecified atom stereocenters. The van der Waals surface area contributed by atoms with Crippen LogP contribution in [0, 0.1) is 11.3 Å². The van der Waals surface area contributed by atoms with Crippen molar-refractivity contribution in [1.82, 2.24) is 0 Å². The minimum absolute atomic E-state index is 0.143. The lowest BCUT2D eigenvalue weighted by Crippen LogP contribution is -2.17. The molecule has 0 aromatic carbocycles. The number of hydrogen-bond donors (Lipinski definition) is 1. The van der Waals surface area contributed by atoms with E-state index < -0.39 is 5.38 Å². The average molecular weight is 194 g/mol. The molecule has 0 aliphatic carbocycles. The molecule has 3 atom stereocenters. The van der Waals surface area contributed by atoms with Crippen molar-refractivity contribution in [1.29, 1.82) is 5.26 Å². The van der Waals surface area contributed by atoms with Gasteiger partial charge in [-0.05, 0) is 6.92 Å². The van der Waals surface area contributed by atoms with Gasteiger partial charge in [-0.25, -0.2) is 0 Å². The third-order valence-corrected chi connectivity index (χ3v) is 3.21. The predicted octanol–water partition coefficient (Wildman–Crippen LogP) is 1.62. The van der Waals surface area contributed by atoms with Gasteiger partial charge in [0.1, 0.15) is 5.38 Å². The minimum Gasteiger partial charge on any atom is -0.392 e. The standard InChI is InChI=1S/C7H12ClNOS/c1-5(10)6(2)11-4-7(8)3-9/h5-7,10H,4H2,1-2H3. The van der Waals surface area contributed by atoms with E-state index in [2.05, 4.69) is 0 Å². The van der Waals surface area contributed by atoms with Crippen LogP contribution in [0.5, 0.6) is 0 Å². The molecule has 0 amide bonds. The molecule has 0 rings (SSSR count). The maximum atomic E-state index is 9.06. The van der Waals surface area contributed by atoms with E-state index in [0.29, 0.717) is 5.75 Å². The summed E-state index contributed by atoms with van der Waals surface area (Å²) in [6, 6.07) is 1.92. The van der Waals surface area contributed by atoms with Gasteiger partial charge in [-0.1, -0.05) is 6.92 Å². The first-order chi connectivity index (χ1) is 5.07. The van der Waals surface area contributed by atoms with Crippen molar-refractivity contribution in [3.63, 3.8) is 0 Å². The monoisotopic (exact) mass is 193 g/mol. The SMILES string of the molecule is CC(O)C(C)SCC(Cl)C#N. The van der Waals surface area contributed by atoms with Gasteiger partial charge >= 0.3 is 0 Å². The molecule has 0 aromatic rings. The Kier molecular flexibility index (Phi) is 5.75. The molecule has 0 spiro atoms. The van der Waals surface area contributed by atoms with Crippen LogP contribution < -0.4 is 0 Å². The molecule has 0 saturated carbocycles. The smallest absolute Gasteiger partial charge is 0.129 e. The fraction of sp³-hybridized carbons (Fsp3) is 0.857. The molecule has 0 aliphatic rings. The van der Waals surface area contributed by atoms with Crippen molar-refractivity contribution in [2.24, 2.45) is 0 Å². The number of thioether (sulfide) groups is 1. The van der Waals surface area contributed by atoms with Crippen LogP contribution >= 0.6 is 23.4 Å². The van der Waals surface area contributed by atoms with E-state index in [4.69, 9.17) is 22.0 Å². The second kappa shape index (κ2) is 5.70. The van der Waals surface area contributed by atoms with Crippen molar-refractivity contribution in [3.8, 4) is 6.07 Å². The first-order valence-corrected chi connectivity index (χ1v) is 4.89. The number of nitriles is 1. The molecule has 0 aliphatic heterocycles. The highest BCUT2D eigenvalue weighted by Crippen LogP contribution is 2.16. The van der Waals surface area contributed by atoms with Gasteiger partial charge in [-0.15, -0.1) is 11.6 Å². The summed E-state index contributed by atoms with van der Waals surface area (Å²) in [6.07, 6.45) is -0.345. The van der Waals surface area contributed by atoms with Crippen LogP contribution in [0.3, 0.4) is 0 Å². The molecule has 0 saturated heterocycles. The van der Waals surface area contributed by atoms with E-state index in [1.165, 1.54) is 11.8 Å². The van der Waals surface area contributed by atoms with Crippen LogP contribution in [0.2, 0.25) is 0 Å². The molecule has 0 heterocycles. The van der Waals surface area contributed by atoms with Crippen LogP contribution in [0.15, 0.2) is 0 Å². The van der Waals surface area contributed by atoms with Gasteiger partial charge in [0.15, 0.2) is 0 Å². The lowest BCUT2D eigenvalue weighted by molar-refractivity contribution is 0.196. The number of nitrogens with zero attached hydrogens (tertiary/aromatic N) is 1. The maximum Gasteiger partial charge on any atom is 0.129 e. The Morgan fingerprint density at radius 3 is 2.55 bits per heavy atom. The summed E-state index contributed by atoms with van der Waals surface area (Å²) in [5.74, 6) is 0.574. The largest absolute Gasteiger partial charge is 0.392 e. The van der Waals surface area contributed by atoms with Crippen molar-refractivity contribution in [3.05, 3.63) is 0 Å². The molecule has 0 aromatic heterocycles. The van der Waals surface area contributed by atoms with Crippen LogP contribution in [-0.4, -0.2) is 27.6 Å². The summed E-state index contributed by atoms with van der Waals surface area (Å²) in [6.45, 7) is 3.64. The van der Waals surface area contributed by atoms with Crippen molar-refractivity contribution in [2.75, 3.05) is 5.75 Å². The van der Waals surface area contributed by atoms with Crippen LogP contribution in [0.1, 0.15) is 13.8 Å². The molecular formula is C7H12ClNOS. The fourth-order valence-corrected chi connectivity index (χ4v) is 1.46. The summed E-state index contributed by atoms with van der Waals surface area (Å²) in [5, 5.41) is 17.1. The fourth-order valence-electron chi connectivity index (χ4n) is 0.413. The second-order valence-corrected chi connectivity index (χ2v) is 4.31. The Hall–Kier alpha value is 0.0900. The molecule has 0 bridgehead atoms. The van der Waals surface area contributed by atoms with Gasteiger partial charge < -0.3 is 5.11 Å². The van der Waals surface area contributed by atoms with Gasteiger partial charge in [-0.2, -0.15) is 17.0 Å². The summed E-state index contributed by atoms with van der Waals surface area (Å²) >= 11 is 7.06. The van der Waals surface area contributed by atoms with E-state index in [9.17, 15) is 0 Å². The third-order valence-electron chi connectivity index (χ3n) is 1.32. The third kappa shape index (κ3) is 5.37. The number of aliphatic hydroxyl groups is 1. The molecule has 0 radical (unpaired) electrons. The lowest BCUT2D eigenvalue weighted by atomic mass is 10.3.